The van der Waals surface area contributed by atoms with Crippen LogP contribution in [0.2, 0.25) is 0 Å². The molecule has 3 heteroatoms. The fourth-order valence-corrected chi connectivity index (χ4v) is 3.11. The predicted octanol–water partition coefficient (Wildman–Crippen LogP) is 4.07. The van der Waals surface area contributed by atoms with Gasteiger partial charge in [-0.1, -0.05) is 30.3 Å². The van der Waals surface area contributed by atoms with Gasteiger partial charge in [0, 0.05) is 23.7 Å². The highest BCUT2D eigenvalue weighted by Crippen LogP contribution is 2.58. The van der Waals surface area contributed by atoms with Gasteiger partial charge >= 0.3 is 0 Å². The standard InChI is InChI=1S/C19H22O3/c1-14-8-9-16(18(12-14)21-3)19(10-11-19)15-6-4-5-7-17(15)22-13-20-2/h4-9,12H,10-11,13H2,1-3H3. The Morgan fingerprint density at radius 1 is 0.955 bits per heavy atom. The molecule has 0 heterocycles. The van der Waals surface area contributed by atoms with Crippen LogP contribution in [0.3, 0.4) is 0 Å². The summed E-state index contributed by atoms with van der Waals surface area (Å²) in [6.45, 7) is 2.35. The normalized spacial score (nSPS) is 15.4. The van der Waals surface area contributed by atoms with E-state index in [2.05, 4.69) is 37.3 Å². The lowest BCUT2D eigenvalue weighted by atomic mass is 9.86. The Hall–Kier alpha value is -2.00. The molecule has 0 bridgehead atoms. The van der Waals surface area contributed by atoms with E-state index in [4.69, 9.17) is 14.2 Å². The molecule has 2 aromatic carbocycles. The number of methoxy groups -OCH3 is 2. The van der Waals surface area contributed by atoms with E-state index in [0.717, 1.165) is 24.3 Å². The van der Waals surface area contributed by atoms with E-state index in [-0.39, 0.29) is 12.2 Å². The summed E-state index contributed by atoms with van der Waals surface area (Å²) in [5, 5.41) is 0. The molecule has 0 aromatic heterocycles. The van der Waals surface area contributed by atoms with E-state index in [1.807, 2.05) is 12.1 Å². The summed E-state index contributed by atoms with van der Waals surface area (Å²) in [7, 11) is 3.38. The lowest BCUT2D eigenvalue weighted by Gasteiger charge is -2.22. The van der Waals surface area contributed by atoms with Gasteiger partial charge in [-0.2, -0.15) is 0 Å². The van der Waals surface area contributed by atoms with Gasteiger partial charge in [0.25, 0.3) is 0 Å². The van der Waals surface area contributed by atoms with E-state index < -0.39 is 0 Å². The van der Waals surface area contributed by atoms with Gasteiger partial charge in [0.2, 0.25) is 0 Å². The number of benzene rings is 2. The smallest absolute Gasteiger partial charge is 0.188 e. The third kappa shape index (κ3) is 2.57. The molecule has 22 heavy (non-hydrogen) atoms. The van der Waals surface area contributed by atoms with Crippen LogP contribution in [0.15, 0.2) is 42.5 Å². The molecule has 0 aliphatic heterocycles. The zero-order valence-corrected chi connectivity index (χ0v) is 13.4. The molecule has 116 valence electrons. The molecule has 3 nitrogen and oxygen atoms in total. The third-order valence-electron chi connectivity index (χ3n) is 4.36. The second-order valence-electron chi connectivity index (χ2n) is 5.83. The van der Waals surface area contributed by atoms with Gasteiger partial charge in [-0.05, 0) is 37.5 Å². The van der Waals surface area contributed by atoms with E-state index >= 15 is 0 Å². The van der Waals surface area contributed by atoms with Gasteiger partial charge in [-0.3, -0.25) is 0 Å². The lowest BCUT2D eigenvalue weighted by Crippen LogP contribution is -2.13. The monoisotopic (exact) mass is 298 g/mol. The van der Waals surface area contributed by atoms with Crippen LogP contribution in [-0.2, 0) is 10.2 Å². The second kappa shape index (κ2) is 6.01. The van der Waals surface area contributed by atoms with E-state index in [1.165, 1.54) is 16.7 Å². The number of ether oxygens (including phenoxy) is 3. The summed E-state index contributed by atoms with van der Waals surface area (Å²) in [5.41, 5.74) is 3.67. The molecular formula is C19H22O3. The molecule has 0 saturated heterocycles. The van der Waals surface area contributed by atoms with Crippen LogP contribution < -0.4 is 9.47 Å². The first-order chi connectivity index (χ1) is 10.7. The minimum absolute atomic E-state index is 0.00335. The van der Waals surface area contributed by atoms with Crippen LogP contribution in [0.4, 0.5) is 0 Å². The van der Waals surface area contributed by atoms with Crippen LogP contribution in [0.5, 0.6) is 11.5 Å². The molecule has 1 saturated carbocycles. The van der Waals surface area contributed by atoms with Crippen molar-refractivity contribution in [2.45, 2.75) is 25.2 Å². The minimum Gasteiger partial charge on any atom is -0.496 e. The topological polar surface area (TPSA) is 27.7 Å². The summed E-state index contributed by atoms with van der Waals surface area (Å²) in [6.07, 6.45) is 2.22. The third-order valence-corrected chi connectivity index (χ3v) is 4.36. The Morgan fingerprint density at radius 2 is 1.68 bits per heavy atom. The molecule has 1 aliphatic carbocycles. The summed E-state index contributed by atoms with van der Waals surface area (Å²) in [4.78, 5) is 0. The molecule has 0 unspecified atom stereocenters. The van der Waals surface area contributed by atoms with Crippen molar-refractivity contribution in [1.29, 1.82) is 0 Å². The van der Waals surface area contributed by atoms with E-state index in [9.17, 15) is 0 Å². The molecule has 2 aromatic rings. The Kier molecular flexibility index (Phi) is 4.08. The van der Waals surface area contributed by atoms with Crippen molar-refractivity contribution in [3.05, 3.63) is 59.2 Å². The zero-order chi connectivity index (χ0) is 15.6. The second-order valence-corrected chi connectivity index (χ2v) is 5.83. The van der Waals surface area contributed by atoms with Gasteiger partial charge < -0.3 is 14.2 Å². The number of para-hydroxylation sites is 1. The molecule has 0 radical (unpaired) electrons. The largest absolute Gasteiger partial charge is 0.496 e. The van der Waals surface area contributed by atoms with Crippen molar-refractivity contribution in [3.63, 3.8) is 0 Å². The van der Waals surface area contributed by atoms with E-state index in [0.29, 0.717) is 0 Å². The maximum Gasteiger partial charge on any atom is 0.188 e. The predicted molar refractivity (Wildman–Crippen MR) is 86.7 cm³/mol. The number of hydrogen-bond acceptors (Lipinski definition) is 3. The van der Waals surface area contributed by atoms with Crippen molar-refractivity contribution in [1.82, 2.24) is 0 Å². The first kappa shape index (κ1) is 14.9. The molecule has 1 aliphatic rings. The van der Waals surface area contributed by atoms with Crippen molar-refractivity contribution < 1.29 is 14.2 Å². The quantitative estimate of drug-likeness (QED) is 0.753. The maximum atomic E-state index is 5.77. The lowest BCUT2D eigenvalue weighted by molar-refractivity contribution is 0.0502. The Balaban J connectivity index is 2.05. The Labute approximate surface area is 131 Å². The first-order valence-electron chi connectivity index (χ1n) is 7.57. The molecule has 3 rings (SSSR count). The molecule has 0 amide bonds. The highest BCUT2D eigenvalue weighted by Gasteiger charge is 2.49. The van der Waals surface area contributed by atoms with Crippen molar-refractivity contribution in [2.24, 2.45) is 0 Å². The van der Waals surface area contributed by atoms with Crippen LogP contribution in [0.25, 0.3) is 0 Å². The van der Waals surface area contributed by atoms with Crippen LogP contribution >= 0.6 is 0 Å². The van der Waals surface area contributed by atoms with Crippen LogP contribution in [0, 0.1) is 6.92 Å². The van der Waals surface area contributed by atoms with Crippen molar-refractivity contribution >= 4 is 0 Å². The molecule has 1 fully saturated rings. The first-order valence-corrected chi connectivity index (χ1v) is 7.57. The summed E-state index contributed by atoms with van der Waals surface area (Å²) in [6, 6.07) is 14.7. The summed E-state index contributed by atoms with van der Waals surface area (Å²) < 4.78 is 16.5. The summed E-state index contributed by atoms with van der Waals surface area (Å²) >= 11 is 0. The van der Waals surface area contributed by atoms with Crippen molar-refractivity contribution in [3.8, 4) is 11.5 Å². The highest BCUT2D eigenvalue weighted by atomic mass is 16.7. The van der Waals surface area contributed by atoms with Gasteiger partial charge in [0.05, 0.1) is 7.11 Å². The van der Waals surface area contributed by atoms with Gasteiger partial charge in [-0.25, -0.2) is 0 Å². The Morgan fingerprint density at radius 3 is 2.36 bits per heavy atom. The fraction of sp³-hybridized carbons (Fsp3) is 0.368. The SMILES string of the molecule is COCOc1ccccc1C1(c2ccc(C)cc2OC)CC1. The number of aryl methyl sites for hydroxylation is 1. The van der Waals surface area contributed by atoms with E-state index in [1.54, 1.807) is 14.2 Å². The summed E-state index contributed by atoms with van der Waals surface area (Å²) in [5.74, 6) is 1.85. The molecular weight excluding hydrogens is 276 g/mol. The molecule has 0 spiro atoms. The molecule has 0 atom stereocenters. The average Bonchev–Trinajstić information content (AvgIpc) is 3.34. The van der Waals surface area contributed by atoms with Crippen LogP contribution in [-0.4, -0.2) is 21.0 Å². The zero-order valence-electron chi connectivity index (χ0n) is 13.4. The average molecular weight is 298 g/mol. The maximum absolute atomic E-state index is 5.77. The molecule has 0 N–H and O–H groups in total. The van der Waals surface area contributed by atoms with Crippen molar-refractivity contribution in [2.75, 3.05) is 21.0 Å². The Bertz CT molecular complexity index is 659. The number of hydrogen-bond donors (Lipinski definition) is 0. The fourth-order valence-electron chi connectivity index (χ4n) is 3.11. The van der Waals surface area contributed by atoms with Crippen LogP contribution in [0.1, 0.15) is 29.5 Å². The van der Waals surface area contributed by atoms with Gasteiger partial charge in [0.15, 0.2) is 6.79 Å². The minimum atomic E-state index is 0.00335. The van der Waals surface area contributed by atoms with Gasteiger partial charge in [0.1, 0.15) is 11.5 Å². The van der Waals surface area contributed by atoms with Gasteiger partial charge in [-0.15, -0.1) is 0 Å². The highest BCUT2D eigenvalue weighted by molar-refractivity contribution is 5.56. The number of rotatable bonds is 6.